The average molecular weight is 231 g/mol. The van der Waals surface area contributed by atoms with E-state index in [2.05, 4.69) is 17.1 Å². The molecule has 0 aliphatic carbocycles. The Morgan fingerprint density at radius 3 is 2.82 bits per heavy atom. The van der Waals surface area contributed by atoms with Crippen molar-refractivity contribution in [2.45, 2.75) is 19.8 Å². The van der Waals surface area contributed by atoms with E-state index in [0.717, 1.165) is 25.1 Å². The zero-order valence-electron chi connectivity index (χ0n) is 10.1. The van der Waals surface area contributed by atoms with Crippen molar-refractivity contribution in [3.8, 4) is 0 Å². The molecule has 0 N–H and O–H groups in total. The molecule has 0 amide bonds. The Bertz CT molecular complexity index is 411. The monoisotopic (exact) mass is 231 g/mol. The van der Waals surface area contributed by atoms with Crippen molar-refractivity contribution < 1.29 is 9.53 Å². The van der Waals surface area contributed by atoms with E-state index in [9.17, 15) is 4.79 Å². The molecule has 0 radical (unpaired) electrons. The normalized spacial score (nSPS) is 20.4. The number of esters is 1. The Kier molecular flexibility index (Phi) is 3.91. The zero-order chi connectivity index (χ0) is 12.1. The summed E-state index contributed by atoms with van der Waals surface area (Å²) >= 11 is 0. The number of benzene rings is 1. The van der Waals surface area contributed by atoms with Crippen LogP contribution < -0.4 is 0 Å². The summed E-state index contributed by atoms with van der Waals surface area (Å²) in [5.74, 6) is -0.225. The molecule has 1 fully saturated rings. The van der Waals surface area contributed by atoms with E-state index in [1.54, 1.807) is 0 Å². The lowest BCUT2D eigenvalue weighted by molar-refractivity contribution is -0.139. The minimum Gasteiger partial charge on any atom is -0.465 e. The Labute approximate surface area is 102 Å². The molecule has 1 atom stereocenters. The highest BCUT2D eigenvalue weighted by atomic mass is 16.5. The highest BCUT2D eigenvalue weighted by Gasteiger charge is 2.28. The van der Waals surface area contributed by atoms with Crippen LogP contribution in [-0.2, 0) is 16.0 Å². The van der Waals surface area contributed by atoms with Crippen molar-refractivity contribution in [1.82, 2.24) is 0 Å². The molecule has 0 saturated carbocycles. The van der Waals surface area contributed by atoms with Gasteiger partial charge in [0.1, 0.15) is 0 Å². The van der Waals surface area contributed by atoms with Gasteiger partial charge in [0.05, 0.1) is 12.5 Å². The topological polar surface area (TPSA) is 38.7 Å². The number of aliphatic imine (C=N–C) groups is 1. The number of hydrogen-bond acceptors (Lipinski definition) is 3. The molecule has 0 spiro atoms. The van der Waals surface area contributed by atoms with Gasteiger partial charge in [-0.05, 0) is 18.9 Å². The van der Waals surface area contributed by atoms with Crippen LogP contribution in [0.15, 0.2) is 35.3 Å². The van der Waals surface area contributed by atoms with Gasteiger partial charge < -0.3 is 4.74 Å². The molecule has 17 heavy (non-hydrogen) atoms. The Morgan fingerprint density at radius 1 is 1.41 bits per heavy atom. The lowest BCUT2D eigenvalue weighted by Crippen LogP contribution is -2.17. The van der Waals surface area contributed by atoms with Gasteiger partial charge in [-0.25, -0.2) is 0 Å². The summed E-state index contributed by atoms with van der Waals surface area (Å²) < 4.78 is 4.93. The largest absolute Gasteiger partial charge is 0.465 e. The van der Waals surface area contributed by atoms with Crippen molar-refractivity contribution in [1.29, 1.82) is 0 Å². The average Bonchev–Trinajstić information content (AvgIpc) is 2.77. The summed E-state index contributed by atoms with van der Waals surface area (Å²) in [5.41, 5.74) is 2.18. The van der Waals surface area contributed by atoms with Gasteiger partial charge in [-0.1, -0.05) is 30.3 Å². The molecule has 3 heteroatoms. The van der Waals surface area contributed by atoms with Crippen molar-refractivity contribution in [2.75, 3.05) is 13.2 Å². The molecule has 0 aromatic heterocycles. The maximum absolute atomic E-state index is 11.3. The minimum atomic E-state index is -0.119. The second-order valence-corrected chi connectivity index (χ2v) is 4.27. The predicted molar refractivity (Wildman–Crippen MR) is 67.2 cm³/mol. The first-order valence-corrected chi connectivity index (χ1v) is 5.99. The summed E-state index contributed by atoms with van der Waals surface area (Å²) in [5, 5.41) is 0. The smallest absolute Gasteiger partial charge is 0.314 e. The summed E-state index contributed by atoms with van der Waals surface area (Å²) in [7, 11) is 0. The SMILES string of the molecule is CC(=NCCc1ccccc1)C1CCOC1=O. The third-order valence-corrected chi connectivity index (χ3v) is 3.04. The quantitative estimate of drug-likeness (QED) is 0.589. The molecule has 1 aromatic carbocycles. The molecule has 1 unspecified atom stereocenters. The molecular weight excluding hydrogens is 214 g/mol. The van der Waals surface area contributed by atoms with Gasteiger partial charge in [0, 0.05) is 18.7 Å². The van der Waals surface area contributed by atoms with Crippen molar-refractivity contribution in [2.24, 2.45) is 10.9 Å². The maximum atomic E-state index is 11.3. The van der Waals surface area contributed by atoms with Crippen LogP contribution in [0.25, 0.3) is 0 Å². The maximum Gasteiger partial charge on any atom is 0.314 e. The lowest BCUT2D eigenvalue weighted by atomic mass is 10.0. The van der Waals surface area contributed by atoms with Crippen LogP contribution >= 0.6 is 0 Å². The number of carbonyl (C=O) groups excluding carboxylic acids is 1. The first-order valence-electron chi connectivity index (χ1n) is 5.99. The van der Waals surface area contributed by atoms with Gasteiger partial charge in [-0.3, -0.25) is 9.79 Å². The van der Waals surface area contributed by atoms with Gasteiger partial charge in [-0.2, -0.15) is 0 Å². The molecule has 1 heterocycles. The summed E-state index contributed by atoms with van der Waals surface area (Å²) in [6, 6.07) is 10.2. The molecule has 1 saturated heterocycles. The number of nitrogens with zero attached hydrogens (tertiary/aromatic N) is 1. The molecule has 1 aliphatic rings. The van der Waals surface area contributed by atoms with Crippen molar-refractivity contribution in [3.05, 3.63) is 35.9 Å². The van der Waals surface area contributed by atoms with Crippen LogP contribution in [0.3, 0.4) is 0 Å². The van der Waals surface area contributed by atoms with Gasteiger partial charge in [0.15, 0.2) is 0 Å². The summed E-state index contributed by atoms with van der Waals surface area (Å²) in [4.78, 5) is 15.8. The highest BCUT2D eigenvalue weighted by molar-refractivity contribution is 6.01. The third kappa shape index (κ3) is 3.16. The van der Waals surface area contributed by atoms with Crippen molar-refractivity contribution >= 4 is 11.7 Å². The third-order valence-electron chi connectivity index (χ3n) is 3.04. The second kappa shape index (κ2) is 5.62. The minimum absolute atomic E-state index is 0.106. The molecule has 1 aliphatic heterocycles. The molecule has 1 aromatic rings. The van der Waals surface area contributed by atoms with Crippen molar-refractivity contribution in [3.63, 3.8) is 0 Å². The van der Waals surface area contributed by atoms with E-state index in [1.165, 1.54) is 5.56 Å². The number of carbonyl (C=O) groups is 1. The van der Waals surface area contributed by atoms with E-state index in [4.69, 9.17) is 4.74 Å². The fraction of sp³-hybridized carbons (Fsp3) is 0.429. The molecule has 0 bridgehead atoms. The number of rotatable bonds is 4. The van der Waals surface area contributed by atoms with Crippen LogP contribution in [-0.4, -0.2) is 24.8 Å². The predicted octanol–water partition coefficient (Wildman–Crippen LogP) is 2.25. The van der Waals surface area contributed by atoms with Crippen LogP contribution in [0, 0.1) is 5.92 Å². The van der Waals surface area contributed by atoms with E-state index in [-0.39, 0.29) is 11.9 Å². The number of cyclic esters (lactones) is 1. The molecule has 90 valence electrons. The molecular formula is C14H17NO2. The number of ether oxygens (including phenoxy) is 1. The molecule has 2 rings (SSSR count). The van der Waals surface area contributed by atoms with E-state index >= 15 is 0 Å². The summed E-state index contributed by atoms with van der Waals surface area (Å²) in [6.45, 7) is 3.19. The highest BCUT2D eigenvalue weighted by Crippen LogP contribution is 2.16. The van der Waals surface area contributed by atoms with Crippen LogP contribution in [0.4, 0.5) is 0 Å². The first-order chi connectivity index (χ1) is 8.27. The summed E-state index contributed by atoms with van der Waals surface area (Å²) in [6.07, 6.45) is 1.69. The van der Waals surface area contributed by atoms with Crippen LogP contribution in [0.5, 0.6) is 0 Å². The van der Waals surface area contributed by atoms with E-state index in [1.807, 2.05) is 25.1 Å². The van der Waals surface area contributed by atoms with Gasteiger partial charge in [0.25, 0.3) is 0 Å². The Balaban J connectivity index is 1.86. The standard InChI is InChI=1S/C14H17NO2/c1-11(13-8-10-17-14(13)16)15-9-7-12-5-3-2-4-6-12/h2-6,13H,7-10H2,1H3. The van der Waals surface area contributed by atoms with Crippen LogP contribution in [0.2, 0.25) is 0 Å². The fourth-order valence-corrected chi connectivity index (χ4v) is 1.99. The second-order valence-electron chi connectivity index (χ2n) is 4.27. The van der Waals surface area contributed by atoms with Gasteiger partial charge >= 0.3 is 5.97 Å². The van der Waals surface area contributed by atoms with E-state index in [0.29, 0.717) is 6.61 Å². The zero-order valence-corrected chi connectivity index (χ0v) is 10.1. The Hall–Kier alpha value is -1.64. The first kappa shape index (κ1) is 11.8. The van der Waals surface area contributed by atoms with E-state index < -0.39 is 0 Å². The molecule has 3 nitrogen and oxygen atoms in total. The van der Waals surface area contributed by atoms with Gasteiger partial charge in [0.2, 0.25) is 0 Å². The van der Waals surface area contributed by atoms with Crippen LogP contribution in [0.1, 0.15) is 18.9 Å². The number of hydrogen-bond donors (Lipinski definition) is 0. The van der Waals surface area contributed by atoms with Gasteiger partial charge in [-0.15, -0.1) is 0 Å². The lowest BCUT2D eigenvalue weighted by Gasteiger charge is -2.05. The fourth-order valence-electron chi connectivity index (χ4n) is 1.99. The Morgan fingerprint density at radius 2 is 2.18 bits per heavy atom.